The van der Waals surface area contributed by atoms with Crippen LogP contribution in [0.1, 0.15) is 33.6 Å². The Morgan fingerprint density at radius 2 is 1.96 bits per heavy atom. The molecule has 0 aromatic heterocycles. The van der Waals surface area contributed by atoms with Crippen LogP contribution in [-0.4, -0.2) is 47.1 Å². The molecule has 0 saturated heterocycles. The highest BCUT2D eigenvalue weighted by Crippen LogP contribution is 2.27. The van der Waals surface area contributed by atoms with Crippen molar-refractivity contribution in [1.82, 2.24) is 0 Å². The third-order valence-electron chi connectivity index (χ3n) is 3.58. The molecule has 150 valence electrons. The van der Waals surface area contributed by atoms with Gasteiger partial charge in [-0.05, 0) is 30.5 Å². The molecule has 0 N–H and O–H groups in total. The van der Waals surface area contributed by atoms with Gasteiger partial charge in [0, 0.05) is 13.1 Å². The van der Waals surface area contributed by atoms with Gasteiger partial charge >= 0.3 is 0 Å². The van der Waals surface area contributed by atoms with Gasteiger partial charge in [-0.2, -0.15) is 8.42 Å². The number of anilines is 1. The van der Waals surface area contributed by atoms with E-state index in [-0.39, 0.29) is 24.8 Å². The number of rotatable bonds is 13. The fourth-order valence-corrected chi connectivity index (χ4v) is 3.73. The summed E-state index contributed by atoms with van der Waals surface area (Å²) in [6.45, 7) is 7.99. The Labute approximate surface area is 161 Å². The first kappa shape index (κ1) is 23.1. The van der Waals surface area contributed by atoms with Crippen LogP contribution < -0.4 is 4.90 Å². The van der Waals surface area contributed by atoms with Crippen LogP contribution in [0.5, 0.6) is 0 Å². The quantitative estimate of drug-likeness (QED) is 0.362. The van der Waals surface area contributed by atoms with Gasteiger partial charge in [-0.15, -0.1) is 0 Å². The van der Waals surface area contributed by atoms with Crippen molar-refractivity contribution >= 4 is 27.4 Å². The second-order valence-electron chi connectivity index (χ2n) is 6.49. The molecule has 0 atom stereocenters. The van der Waals surface area contributed by atoms with E-state index in [1.807, 2.05) is 11.8 Å². The standard InChI is InChI=1S/C18H29ClFNO4S/c1-4-5-12-26(22,23)25-11-10-24-9-8-21(14-15(2)3)18-7-6-16(20)13-17(18)19/h6-7,13,15H,4-5,8-12,14H2,1-3H3. The minimum Gasteiger partial charge on any atom is -0.377 e. The number of ether oxygens (including phenoxy) is 1. The van der Waals surface area contributed by atoms with Crippen molar-refractivity contribution in [1.29, 1.82) is 0 Å². The summed E-state index contributed by atoms with van der Waals surface area (Å²) in [5.74, 6) is 0.0541. The molecule has 8 heteroatoms. The largest absolute Gasteiger partial charge is 0.377 e. The van der Waals surface area contributed by atoms with Crippen LogP contribution in [0.15, 0.2) is 18.2 Å². The Kier molecular flexibility index (Phi) is 10.5. The highest BCUT2D eigenvalue weighted by Gasteiger charge is 2.13. The maximum absolute atomic E-state index is 13.2. The minimum atomic E-state index is -3.46. The molecular weight excluding hydrogens is 381 g/mol. The van der Waals surface area contributed by atoms with Crippen molar-refractivity contribution in [2.24, 2.45) is 5.92 Å². The molecule has 0 spiro atoms. The predicted octanol–water partition coefficient (Wildman–Crippen LogP) is 4.10. The van der Waals surface area contributed by atoms with E-state index in [0.29, 0.717) is 30.5 Å². The van der Waals surface area contributed by atoms with Gasteiger partial charge in [0.15, 0.2) is 0 Å². The van der Waals surface area contributed by atoms with Crippen LogP contribution in [-0.2, 0) is 19.0 Å². The fourth-order valence-electron chi connectivity index (χ4n) is 2.37. The molecule has 1 rings (SSSR count). The van der Waals surface area contributed by atoms with E-state index in [4.69, 9.17) is 20.5 Å². The summed E-state index contributed by atoms with van der Waals surface area (Å²) in [6, 6.07) is 4.33. The molecule has 0 amide bonds. The number of nitrogens with zero attached hydrogens (tertiary/aromatic N) is 1. The molecule has 26 heavy (non-hydrogen) atoms. The topological polar surface area (TPSA) is 55.8 Å². The summed E-state index contributed by atoms with van der Waals surface area (Å²) in [5.41, 5.74) is 0.753. The molecule has 0 fully saturated rings. The number of hydrogen-bond acceptors (Lipinski definition) is 5. The van der Waals surface area contributed by atoms with Crippen LogP contribution in [0.3, 0.4) is 0 Å². The Balaban J connectivity index is 2.43. The summed E-state index contributed by atoms with van der Waals surface area (Å²) >= 11 is 6.15. The van der Waals surface area contributed by atoms with Crippen LogP contribution >= 0.6 is 11.6 Å². The van der Waals surface area contributed by atoms with Gasteiger partial charge in [-0.1, -0.05) is 38.8 Å². The number of hydrogen-bond donors (Lipinski definition) is 0. The lowest BCUT2D eigenvalue weighted by molar-refractivity contribution is 0.106. The van der Waals surface area contributed by atoms with Gasteiger partial charge in [0.2, 0.25) is 0 Å². The summed E-state index contributed by atoms with van der Waals surface area (Å²) < 4.78 is 46.8. The lowest BCUT2D eigenvalue weighted by Gasteiger charge is -2.27. The molecule has 5 nitrogen and oxygen atoms in total. The summed E-state index contributed by atoms with van der Waals surface area (Å²) in [4.78, 5) is 2.03. The molecule has 0 aliphatic rings. The highest BCUT2D eigenvalue weighted by atomic mass is 35.5. The van der Waals surface area contributed by atoms with Crippen LogP contribution in [0.2, 0.25) is 5.02 Å². The number of unbranched alkanes of at least 4 members (excludes halogenated alkanes) is 1. The first-order chi connectivity index (χ1) is 12.2. The SMILES string of the molecule is CCCCS(=O)(=O)OCCOCCN(CC(C)C)c1ccc(F)cc1Cl. The second-order valence-corrected chi connectivity index (χ2v) is 8.65. The maximum Gasteiger partial charge on any atom is 0.267 e. The zero-order chi connectivity index (χ0) is 19.6. The predicted molar refractivity (Wildman–Crippen MR) is 104 cm³/mol. The Morgan fingerprint density at radius 1 is 1.23 bits per heavy atom. The lowest BCUT2D eigenvalue weighted by atomic mass is 10.2. The highest BCUT2D eigenvalue weighted by molar-refractivity contribution is 7.86. The summed E-state index contributed by atoms with van der Waals surface area (Å²) in [5, 5.41) is 0.357. The smallest absolute Gasteiger partial charge is 0.267 e. The van der Waals surface area contributed by atoms with Crippen molar-refractivity contribution in [3.63, 3.8) is 0 Å². The normalized spacial score (nSPS) is 11.9. The molecular formula is C18H29ClFNO4S. The summed E-state index contributed by atoms with van der Waals surface area (Å²) in [7, 11) is -3.46. The average Bonchev–Trinajstić information content (AvgIpc) is 2.55. The number of halogens is 2. The molecule has 0 saturated carbocycles. The Morgan fingerprint density at radius 3 is 2.58 bits per heavy atom. The first-order valence-corrected chi connectivity index (χ1v) is 10.9. The number of benzene rings is 1. The van der Waals surface area contributed by atoms with Gasteiger partial charge in [0.1, 0.15) is 5.82 Å². The summed E-state index contributed by atoms with van der Waals surface area (Å²) in [6.07, 6.45) is 1.39. The third-order valence-corrected chi connectivity index (χ3v) is 5.20. The lowest BCUT2D eigenvalue weighted by Crippen LogP contribution is -2.31. The van der Waals surface area contributed by atoms with Crippen LogP contribution in [0.25, 0.3) is 0 Å². The second kappa shape index (κ2) is 11.7. The van der Waals surface area contributed by atoms with Gasteiger partial charge in [0.05, 0.1) is 36.3 Å². The van der Waals surface area contributed by atoms with Crippen molar-refractivity contribution < 1.29 is 21.7 Å². The minimum absolute atomic E-state index is 0.00747. The molecule has 1 aromatic rings. The monoisotopic (exact) mass is 409 g/mol. The third kappa shape index (κ3) is 9.16. The molecule has 0 heterocycles. The van der Waals surface area contributed by atoms with Crippen molar-refractivity contribution in [2.45, 2.75) is 33.6 Å². The molecule has 0 bridgehead atoms. The zero-order valence-electron chi connectivity index (χ0n) is 15.7. The zero-order valence-corrected chi connectivity index (χ0v) is 17.3. The van der Waals surface area contributed by atoms with E-state index in [1.165, 1.54) is 12.1 Å². The van der Waals surface area contributed by atoms with E-state index in [0.717, 1.165) is 18.7 Å². The Hall–Kier alpha value is -0.890. The van der Waals surface area contributed by atoms with Gasteiger partial charge in [-0.3, -0.25) is 4.18 Å². The van der Waals surface area contributed by atoms with Crippen LogP contribution in [0, 0.1) is 11.7 Å². The maximum atomic E-state index is 13.2. The van der Waals surface area contributed by atoms with Crippen molar-refractivity contribution in [3.05, 3.63) is 29.0 Å². The van der Waals surface area contributed by atoms with Gasteiger partial charge in [-0.25, -0.2) is 4.39 Å². The molecule has 0 unspecified atom stereocenters. The van der Waals surface area contributed by atoms with E-state index >= 15 is 0 Å². The van der Waals surface area contributed by atoms with Crippen molar-refractivity contribution in [2.75, 3.05) is 43.6 Å². The van der Waals surface area contributed by atoms with E-state index in [1.54, 1.807) is 6.07 Å². The van der Waals surface area contributed by atoms with E-state index < -0.39 is 10.1 Å². The van der Waals surface area contributed by atoms with Crippen LogP contribution in [0.4, 0.5) is 10.1 Å². The molecule has 0 radical (unpaired) electrons. The van der Waals surface area contributed by atoms with Gasteiger partial charge in [0.25, 0.3) is 10.1 Å². The van der Waals surface area contributed by atoms with Gasteiger partial charge < -0.3 is 9.64 Å². The first-order valence-electron chi connectivity index (χ1n) is 8.90. The van der Waals surface area contributed by atoms with E-state index in [2.05, 4.69) is 13.8 Å². The molecule has 1 aromatic carbocycles. The average molecular weight is 410 g/mol. The Bertz CT molecular complexity index is 640. The van der Waals surface area contributed by atoms with Crippen molar-refractivity contribution in [3.8, 4) is 0 Å². The molecule has 0 aliphatic carbocycles. The van der Waals surface area contributed by atoms with E-state index in [9.17, 15) is 12.8 Å². The molecule has 0 aliphatic heterocycles. The fraction of sp³-hybridized carbons (Fsp3) is 0.667.